The van der Waals surface area contributed by atoms with Crippen LogP contribution in [0.5, 0.6) is 0 Å². The molecule has 0 saturated carbocycles. The summed E-state index contributed by atoms with van der Waals surface area (Å²) in [5.74, 6) is 0. The third-order valence-corrected chi connectivity index (χ3v) is 0. The average Bonchev–Trinajstić information content (AvgIpc) is 1.19. The molecule has 0 rings (SSSR count). The molecule has 0 unspecified atom stereocenters. The summed E-state index contributed by atoms with van der Waals surface area (Å²) in [5, 5.41) is 0. The average molecular weight is 180 g/mol. The van der Waals surface area contributed by atoms with Gasteiger partial charge in [-0.15, -0.1) is 9.79 Å². The van der Waals surface area contributed by atoms with E-state index in [1.165, 1.54) is 0 Å². The van der Waals surface area contributed by atoms with Crippen molar-refractivity contribution >= 4 is 16.1 Å². The molecule has 0 amide bonds. The SMILES string of the molecule is O=P(O)(O)O.O=[P+](O)O.[H+]. The molecule has 0 heterocycles. The molecule has 0 spiro atoms. The summed E-state index contributed by atoms with van der Waals surface area (Å²) in [6.45, 7) is 0. The zero-order valence-electron chi connectivity index (χ0n) is 4.95. The van der Waals surface area contributed by atoms with E-state index in [1.54, 1.807) is 0 Å². The minimum atomic E-state index is -4.64. The summed E-state index contributed by atoms with van der Waals surface area (Å²) < 4.78 is 17.6. The zero-order valence-corrected chi connectivity index (χ0v) is 5.74. The van der Waals surface area contributed by atoms with Gasteiger partial charge in [-0.25, -0.2) is 4.57 Å². The van der Waals surface area contributed by atoms with Crippen LogP contribution in [0.1, 0.15) is 1.43 Å². The Kier molecular flexibility index (Phi) is 6.54. The van der Waals surface area contributed by atoms with Crippen LogP contribution in [0.15, 0.2) is 0 Å². The Bertz CT molecular complexity index is 111. The number of hydrogen-bond acceptors (Lipinski definition) is 2. The first-order chi connectivity index (χ1) is 3.73. The number of phosphoric acid groups is 1. The maximum Gasteiger partial charge on any atom is 1.00 e. The molecule has 56 valence electrons. The Morgan fingerprint density at radius 2 is 1.22 bits per heavy atom. The second-order valence-electron chi connectivity index (χ2n) is 0.766. The standard InChI is InChI=1S/H3O4P.HO3P/c1-5(2,3)4;1-4(2)3/h(H3,1,2,3,4);(H-,1,2,3)/p+2. The van der Waals surface area contributed by atoms with Crippen molar-refractivity contribution in [3.8, 4) is 0 Å². The highest BCUT2D eigenvalue weighted by Gasteiger charge is 2.00. The summed E-state index contributed by atoms with van der Waals surface area (Å²) in [5.41, 5.74) is 0. The maximum atomic E-state index is 8.88. The lowest BCUT2D eigenvalue weighted by Gasteiger charge is -1.82. The predicted molar refractivity (Wildman–Crippen MR) is 27.4 cm³/mol. The third kappa shape index (κ3) is 18100. The molecular formula is H6O7P2+2. The van der Waals surface area contributed by atoms with Crippen LogP contribution >= 0.6 is 16.1 Å². The Morgan fingerprint density at radius 1 is 1.22 bits per heavy atom. The molecule has 9 heavy (non-hydrogen) atoms. The van der Waals surface area contributed by atoms with Gasteiger partial charge in [0.05, 0.1) is 0 Å². The quantitative estimate of drug-likeness (QED) is 0.295. The molecular weight excluding hydrogens is 174 g/mol. The third-order valence-electron chi connectivity index (χ3n) is 0. The number of hydrogen-bond donors (Lipinski definition) is 5. The Morgan fingerprint density at radius 3 is 1.22 bits per heavy atom. The summed E-state index contributed by atoms with van der Waals surface area (Å²) in [4.78, 5) is 35.8. The van der Waals surface area contributed by atoms with Gasteiger partial charge in [-0.1, -0.05) is 0 Å². The van der Waals surface area contributed by atoms with E-state index in [4.69, 9.17) is 33.6 Å². The molecule has 0 aromatic heterocycles. The fourth-order valence-corrected chi connectivity index (χ4v) is 0. The number of rotatable bonds is 0. The van der Waals surface area contributed by atoms with Crippen LogP contribution in [0.3, 0.4) is 0 Å². The summed E-state index contributed by atoms with van der Waals surface area (Å²) in [6, 6.07) is 0. The minimum Gasteiger partial charge on any atom is -0.303 e. The Hall–Kier alpha value is 0.130. The lowest BCUT2D eigenvalue weighted by molar-refractivity contribution is 0.275. The second kappa shape index (κ2) is 4.96. The fraction of sp³-hybridized carbons (Fsp3) is 0. The van der Waals surface area contributed by atoms with Gasteiger partial charge in [0.2, 0.25) is 0 Å². The van der Waals surface area contributed by atoms with Crippen LogP contribution in [0, 0.1) is 0 Å². The minimum absolute atomic E-state index is 0. The van der Waals surface area contributed by atoms with E-state index < -0.39 is 16.1 Å². The molecule has 0 radical (unpaired) electrons. The first kappa shape index (κ1) is 11.9. The van der Waals surface area contributed by atoms with E-state index in [9.17, 15) is 0 Å². The summed E-state index contributed by atoms with van der Waals surface area (Å²) in [7, 11) is -7.51. The summed E-state index contributed by atoms with van der Waals surface area (Å²) >= 11 is 0. The van der Waals surface area contributed by atoms with E-state index in [0.29, 0.717) is 0 Å². The van der Waals surface area contributed by atoms with Crippen molar-refractivity contribution in [1.82, 2.24) is 0 Å². The molecule has 9 heteroatoms. The van der Waals surface area contributed by atoms with Gasteiger partial charge in [0, 0.05) is 4.57 Å². The molecule has 0 aliphatic carbocycles. The maximum absolute atomic E-state index is 8.88. The highest BCUT2D eigenvalue weighted by atomic mass is 31.2. The molecule has 0 aliphatic heterocycles. The van der Waals surface area contributed by atoms with Crippen LogP contribution < -0.4 is 0 Å². The lowest BCUT2D eigenvalue weighted by atomic mass is 15.8. The monoisotopic (exact) mass is 180 g/mol. The lowest BCUT2D eigenvalue weighted by Crippen LogP contribution is -1.66. The molecule has 0 aromatic carbocycles. The van der Waals surface area contributed by atoms with Crippen molar-refractivity contribution in [2.24, 2.45) is 0 Å². The first-order valence-corrected chi connectivity index (χ1v) is 4.10. The van der Waals surface area contributed by atoms with E-state index >= 15 is 0 Å². The van der Waals surface area contributed by atoms with Crippen molar-refractivity contribution in [3.63, 3.8) is 0 Å². The predicted octanol–water partition coefficient (Wildman–Crippen LogP) is -1.19. The van der Waals surface area contributed by atoms with Gasteiger partial charge in [-0.3, -0.25) is 0 Å². The van der Waals surface area contributed by atoms with E-state index in [0.717, 1.165) is 0 Å². The van der Waals surface area contributed by atoms with Crippen molar-refractivity contribution in [2.75, 3.05) is 0 Å². The molecule has 0 saturated heterocycles. The van der Waals surface area contributed by atoms with Gasteiger partial charge in [0.25, 0.3) is 0 Å². The first-order valence-electron chi connectivity index (χ1n) is 1.37. The van der Waals surface area contributed by atoms with E-state index in [-0.39, 0.29) is 1.43 Å². The highest BCUT2D eigenvalue weighted by molar-refractivity contribution is 7.45. The molecule has 0 aliphatic rings. The van der Waals surface area contributed by atoms with Crippen molar-refractivity contribution in [2.45, 2.75) is 0 Å². The van der Waals surface area contributed by atoms with Gasteiger partial charge in [0.15, 0.2) is 0 Å². The van der Waals surface area contributed by atoms with E-state index in [1.807, 2.05) is 0 Å². The normalized spacial score (nSPS) is 9.44. The van der Waals surface area contributed by atoms with Gasteiger partial charge < -0.3 is 14.7 Å². The topological polar surface area (TPSA) is 135 Å². The van der Waals surface area contributed by atoms with Gasteiger partial charge in [0.1, 0.15) is 0 Å². The van der Waals surface area contributed by atoms with Crippen molar-refractivity contribution in [3.05, 3.63) is 0 Å². The van der Waals surface area contributed by atoms with E-state index in [2.05, 4.69) is 0 Å². The van der Waals surface area contributed by atoms with Gasteiger partial charge >= 0.3 is 17.5 Å². The molecule has 5 N–H and O–H groups in total. The molecule has 0 aromatic rings. The highest BCUT2D eigenvalue weighted by Crippen LogP contribution is 2.25. The molecule has 0 bridgehead atoms. The largest absolute Gasteiger partial charge is 1.00 e. The second-order valence-corrected chi connectivity index (χ2v) is 2.30. The fourth-order valence-electron chi connectivity index (χ4n) is 0. The Labute approximate surface area is 52.3 Å². The summed E-state index contributed by atoms with van der Waals surface area (Å²) in [6.07, 6.45) is 0. The Balaban J connectivity index is -0.0000000910. The molecule has 7 nitrogen and oxygen atoms in total. The van der Waals surface area contributed by atoms with Crippen LogP contribution in [0.2, 0.25) is 0 Å². The smallest absolute Gasteiger partial charge is 0.303 e. The van der Waals surface area contributed by atoms with Crippen LogP contribution in [0.4, 0.5) is 0 Å². The van der Waals surface area contributed by atoms with Crippen LogP contribution in [0.25, 0.3) is 0 Å². The molecule has 0 fully saturated rings. The van der Waals surface area contributed by atoms with Crippen LogP contribution in [-0.4, -0.2) is 24.5 Å². The van der Waals surface area contributed by atoms with Gasteiger partial charge in [-0.05, 0) is 0 Å². The van der Waals surface area contributed by atoms with Crippen molar-refractivity contribution in [1.29, 1.82) is 0 Å². The zero-order chi connectivity index (χ0) is 8.08. The van der Waals surface area contributed by atoms with Crippen LogP contribution in [-0.2, 0) is 9.13 Å². The molecule has 0 atom stereocenters. The van der Waals surface area contributed by atoms with Gasteiger partial charge in [-0.2, -0.15) is 0 Å². The van der Waals surface area contributed by atoms with Crippen molar-refractivity contribution < 1.29 is 35.0 Å².